The first-order valence-electron chi connectivity index (χ1n) is 9.62. The Morgan fingerprint density at radius 1 is 1.00 bits per heavy atom. The highest BCUT2D eigenvalue weighted by Gasteiger charge is 2.27. The fourth-order valence-corrected chi connectivity index (χ4v) is 5.13. The summed E-state index contributed by atoms with van der Waals surface area (Å²) in [6.45, 7) is 2.64. The molecule has 0 bridgehead atoms. The van der Waals surface area contributed by atoms with Gasteiger partial charge in [-0.2, -0.15) is 4.31 Å². The van der Waals surface area contributed by atoms with Gasteiger partial charge in [0.25, 0.3) is 5.91 Å². The van der Waals surface area contributed by atoms with Crippen molar-refractivity contribution in [1.29, 1.82) is 0 Å². The minimum Gasteiger partial charge on any atom is -0.497 e. The van der Waals surface area contributed by atoms with Crippen LogP contribution in [0.4, 0.5) is 0 Å². The van der Waals surface area contributed by atoms with Crippen LogP contribution < -0.4 is 4.74 Å². The Morgan fingerprint density at radius 3 is 2.41 bits per heavy atom. The van der Waals surface area contributed by atoms with Crippen molar-refractivity contribution in [3.8, 4) is 5.75 Å². The zero-order valence-electron chi connectivity index (χ0n) is 16.3. The number of ether oxygens (including phenoxy) is 2. The first-order valence-corrected chi connectivity index (χ1v) is 11.1. The molecule has 0 unspecified atom stereocenters. The van der Waals surface area contributed by atoms with Crippen LogP contribution in [-0.2, 0) is 27.7 Å². The Bertz CT molecular complexity index is 998. The van der Waals surface area contributed by atoms with E-state index in [0.29, 0.717) is 45.0 Å². The van der Waals surface area contributed by atoms with Crippen LogP contribution in [0.1, 0.15) is 21.5 Å². The summed E-state index contributed by atoms with van der Waals surface area (Å²) in [5.41, 5.74) is 2.79. The number of sulfonamides is 1. The number of fused-ring (bicyclic) bond motifs is 1. The summed E-state index contributed by atoms with van der Waals surface area (Å²) in [6, 6.07) is 12.2. The van der Waals surface area contributed by atoms with Gasteiger partial charge in [-0.05, 0) is 53.9 Å². The molecule has 0 spiro atoms. The van der Waals surface area contributed by atoms with Crippen molar-refractivity contribution >= 4 is 15.9 Å². The highest BCUT2D eigenvalue weighted by molar-refractivity contribution is 7.89. The van der Waals surface area contributed by atoms with Crippen molar-refractivity contribution in [2.75, 3.05) is 40.0 Å². The third kappa shape index (κ3) is 4.01. The first-order chi connectivity index (χ1) is 14.0. The molecule has 2 aliphatic rings. The second-order valence-corrected chi connectivity index (χ2v) is 9.09. The van der Waals surface area contributed by atoms with Gasteiger partial charge in [0.2, 0.25) is 10.0 Å². The predicted octanol–water partition coefficient (Wildman–Crippen LogP) is 1.91. The van der Waals surface area contributed by atoms with E-state index in [1.807, 2.05) is 18.2 Å². The lowest BCUT2D eigenvalue weighted by Crippen LogP contribution is -2.40. The Hall–Kier alpha value is -2.42. The molecule has 2 heterocycles. The molecule has 7 nitrogen and oxygen atoms in total. The maximum atomic E-state index is 12.9. The second kappa shape index (κ2) is 8.14. The number of methoxy groups -OCH3 is 1. The van der Waals surface area contributed by atoms with Gasteiger partial charge in [0.15, 0.2) is 0 Å². The van der Waals surface area contributed by atoms with E-state index in [9.17, 15) is 13.2 Å². The zero-order valence-corrected chi connectivity index (χ0v) is 17.2. The minimum atomic E-state index is -3.56. The van der Waals surface area contributed by atoms with Gasteiger partial charge in [0.1, 0.15) is 5.75 Å². The predicted molar refractivity (Wildman–Crippen MR) is 107 cm³/mol. The topological polar surface area (TPSA) is 76.2 Å². The largest absolute Gasteiger partial charge is 0.497 e. The third-order valence-corrected chi connectivity index (χ3v) is 7.33. The van der Waals surface area contributed by atoms with E-state index < -0.39 is 10.0 Å². The van der Waals surface area contributed by atoms with E-state index >= 15 is 0 Å². The molecule has 154 valence electrons. The average molecular weight is 416 g/mol. The number of hydrogen-bond donors (Lipinski definition) is 0. The van der Waals surface area contributed by atoms with Crippen molar-refractivity contribution < 1.29 is 22.7 Å². The van der Waals surface area contributed by atoms with Gasteiger partial charge >= 0.3 is 0 Å². The van der Waals surface area contributed by atoms with Crippen molar-refractivity contribution in [3.63, 3.8) is 0 Å². The molecule has 0 aromatic heterocycles. The molecular formula is C21H24N2O5S. The van der Waals surface area contributed by atoms with Gasteiger partial charge in [-0.1, -0.05) is 6.07 Å². The van der Waals surface area contributed by atoms with Gasteiger partial charge in [-0.15, -0.1) is 0 Å². The summed E-state index contributed by atoms with van der Waals surface area (Å²) in [5.74, 6) is 0.671. The van der Waals surface area contributed by atoms with E-state index in [2.05, 4.69) is 0 Å². The fraction of sp³-hybridized carbons (Fsp3) is 0.381. The summed E-state index contributed by atoms with van der Waals surface area (Å²) >= 11 is 0. The summed E-state index contributed by atoms with van der Waals surface area (Å²) < 4.78 is 37.4. The van der Waals surface area contributed by atoms with E-state index in [-0.39, 0.29) is 10.8 Å². The van der Waals surface area contributed by atoms with Crippen molar-refractivity contribution in [2.45, 2.75) is 17.9 Å². The Labute approximate surface area is 170 Å². The van der Waals surface area contributed by atoms with Gasteiger partial charge in [0, 0.05) is 31.7 Å². The molecular weight excluding hydrogens is 392 g/mol. The van der Waals surface area contributed by atoms with E-state index in [1.54, 1.807) is 24.1 Å². The van der Waals surface area contributed by atoms with Crippen LogP contribution in [0.3, 0.4) is 0 Å². The SMILES string of the molecule is COc1ccc2c(c1)CN(C(=O)c1ccc(S(=O)(=O)N3CCOCC3)cc1)CC2. The molecule has 0 aliphatic carbocycles. The number of morpholine rings is 1. The molecule has 0 radical (unpaired) electrons. The molecule has 8 heteroatoms. The molecule has 1 amide bonds. The molecule has 29 heavy (non-hydrogen) atoms. The third-order valence-electron chi connectivity index (χ3n) is 5.42. The van der Waals surface area contributed by atoms with Crippen LogP contribution >= 0.6 is 0 Å². The molecule has 1 fully saturated rings. The maximum Gasteiger partial charge on any atom is 0.254 e. The summed E-state index contributed by atoms with van der Waals surface area (Å²) in [6.07, 6.45) is 0.786. The molecule has 4 rings (SSSR count). The van der Waals surface area contributed by atoms with E-state index in [4.69, 9.17) is 9.47 Å². The quantitative estimate of drug-likeness (QED) is 0.761. The monoisotopic (exact) mass is 416 g/mol. The van der Waals surface area contributed by atoms with Crippen LogP contribution in [0.2, 0.25) is 0 Å². The van der Waals surface area contributed by atoms with Gasteiger partial charge < -0.3 is 14.4 Å². The van der Waals surface area contributed by atoms with Crippen LogP contribution in [0.25, 0.3) is 0 Å². The van der Waals surface area contributed by atoms with Crippen LogP contribution in [0.15, 0.2) is 47.4 Å². The molecule has 1 saturated heterocycles. The fourth-order valence-electron chi connectivity index (χ4n) is 3.72. The molecule has 2 aromatic carbocycles. The summed E-state index contributed by atoms with van der Waals surface area (Å²) in [5, 5.41) is 0. The first kappa shape index (κ1) is 19.9. The number of benzene rings is 2. The zero-order chi connectivity index (χ0) is 20.4. The Morgan fingerprint density at radius 2 is 1.72 bits per heavy atom. The maximum absolute atomic E-state index is 12.9. The molecule has 2 aliphatic heterocycles. The second-order valence-electron chi connectivity index (χ2n) is 7.15. The Kier molecular flexibility index (Phi) is 5.58. The van der Waals surface area contributed by atoms with Crippen LogP contribution in [0.5, 0.6) is 5.75 Å². The molecule has 2 aromatic rings. The lowest BCUT2D eigenvalue weighted by Gasteiger charge is -2.29. The number of amides is 1. The number of nitrogens with zero attached hydrogens (tertiary/aromatic N) is 2. The van der Waals surface area contributed by atoms with Gasteiger partial charge in [-0.25, -0.2) is 8.42 Å². The van der Waals surface area contributed by atoms with Gasteiger partial charge in [0.05, 0.1) is 25.2 Å². The normalized spacial score (nSPS) is 17.6. The smallest absolute Gasteiger partial charge is 0.254 e. The number of hydrogen-bond acceptors (Lipinski definition) is 5. The van der Waals surface area contributed by atoms with E-state index in [1.165, 1.54) is 22.0 Å². The highest BCUT2D eigenvalue weighted by Crippen LogP contribution is 2.25. The van der Waals surface area contributed by atoms with Crippen LogP contribution in [-0.4, -0.2) is 63.5 Å². The Balaban J connectivity index is 1.49. The van der Waals surface area contributed by atoms with Crippen molar-refractivity contribution in [2.24, 2.45) is 0 Å². The summed E-state index contributed by atoms with van der Waals surface area (Å²) in [7, 11) is -1.94. The van der Waals surface area contributed by atoms with Crippen molar-refractivity contribution in [1.82, 2.24) is 9.21 Å². The summed E-state index contributed by atoms with van der Waals surface area (Å²) in [4.78, 5) is 14.9. The number of carbonyl (C=O) groups is 1. The van der Waals surface area contributed by atoms with Gasteiger partial charge in [-0.3, -0.25) is 4.79 Å². The molecule has 0 atom stereocenters. The van der Waals surface area contributed by atoms with E-state index in [0.717, 1.165) is 17.7 Å². The molecule has 0 N–H and O–H groups in total. The lowest BCUT2D eigenvalue weighted by atomic mass is 9.99. The van der Waals surface area contributed by atoms with Crippen molar-refractivity contribution in [3.05, 3.63) is 59.2 Å². The molecule has 0 saturated carbocycles. The number of rotatable bonds is 4. The lowest BCUT2D eigenvalue weighted by molar-refractivity contribution is 0.0730. The van der Waals surface area contributed by atoms with Crippen LogP contribution in [0, 0.1) is 0 Å². The highest BCUT2D eigenvalue weighted by atomic mass is 32.2. The minimum absolute atomic E-state index is 0.103. The standard InChI is InChI=1S/C21H24N2O5S/c1-27-19-5-2-16-8-9-22(15-18(16)14-19)21(24)17-3-6-20(7-4-17)29(25,26)23-10-12-28-13-11-23/h2-7,14H,8-13,15H2,1H3. The average Bonchev–Trinajstić information content (AvgIpc) is 2.78. The number of carbonyl (C=O) groups excluding carboxylic acids is 1.